The summed E-state index contributed by atoms with van der Waals surface area (Å²) in [6.07, 6.45) is 3.78. The summed E-state index contributed by atoms with van der Waals surface area (Å²) in [5, 5.41) is 6.56. The van der Waals surface area contributed by atoms with Crippen LogP contribution in [0.15, 0.2) is 41.7 Å². The minimum Gasteiger partial charge on any atom is -0.347 e. The normalized spacial score (nSPS) is 14.5. The highest BCUT2D eigenvalue weighted by Crippen LogP contribution is 2.22. The number of H-pyrrole nitrogens is 1. The third kappa shape index (κ3) is 3.49. The molecule has 7 heteroatoms. The number of nitrogens with zero attached hydrogens (tertiary/aromatic N) is 2. The van der Waals surface area contributed by atoms with E-state index in [0.717, 1.165) is 16.5 Å². The van der Waals surface area contributed by atoms with Crippen LogP contribution in [-0.2, 0) is 11.0 Å². The average Bonchev–Trinajstić information content (AvgIpc) is 3.13. The quantitative estimate of drug-likeness (QED) is 0.731. The number of aromatic nitrogens is 3. The molecule has 2 unspecified atom stereocenters. The monoisotopic (exact) mass is 350 g/mol. The standard InChI is InChI=1S/C16H19ClN4OS/c1-10(2)21-9-13(8-18-21)11(3)20-23(22)16-7-12-6-14(17)4-5-15(12)19-16/h4-11,19-20H,1-3H3. The molecular formula is C16H19ClN4OS. The van der Waals surface area contributed by atoms with Crippen LogP contribution in [0.4, 0.5) is 0 Å². The lowest BCUT2D eigenvalue weighted by molar-refractivity contribution is 0.531. The number of hydrogen-bond donors (Lipinski definition) is 2. The highest BCUT2D eigenvalue weighted by molar-refractivity contribution is 7.83. The molecule has 0 aliphatic rings. The predicted molar refractivity (Wildman–Crippen MR) is 93.9 cm³/mol. The summed E-state index contributed by atoms with van der Waals surface area (Å²) in [7, 11) is -1.34. The SMILES string of the molecule is CC(NS(=O)c1cc2cc(Cl)ccc2[nH]1)c1cnn(C(C)C)c1. The second-order valence-corrected chi connectivity index (χ2v) is 7.47. The molecule has 2 heterocycles. The molecule has 0 spiro atoms. The van der Waals surface area contributed by atoms with E-state index < -0.39 is 11.0 Å². The summed E-state index contributed by atoms with van der Waals surface area (Å²) in [6.45, 7) is 6.12. The van der Waals surface area contributed by atoms with E-state index in [9.17, 15) is 4.21 Å². The third-order valence-electron chi connectivity index (χ3n) is 3.69. The predicted octanol–water partition coefficient (Wildman–Crippen LogP) is 3.97. The van der Waals surface area contributed by atoms with Gasteiger partial charge in [0.15, 0.2) is 0 Å². The van der Waals surface area contributed by atoms with Crippen LogP contribution in [0.25, 0.3) is 10.9 Å². The first kappa shape index (κ1) is 16.2. The summed E-state index contributed by atoms with van der Waals surface area (Å²) in [4.78, 5) is 3.16. The Morgan fingerprint density at radius 2 is 2.09 bits per heavy atom. The molecular weight excluding hydrogens is 332 g/mol. The Hall–Kier alpha value is -1.63. The second-order valence-electron chi connectivity index (χ2n) is 5.82. The Labute approximate surface area is 142 Å². The van der Waals surface area contributed by atoms with Crippen molar-refractivity contribution in [3.8, 4) is 0 Å². The van der Waals surface area contributed by atoms with E-state index in [1.165, 1.54) is 0 Å². The van der Waals surface area contributed by atoms with Gasteiger partial charge in [0.05, 0.1) is 6.20 Å². The summed E-state index contributed by atoms with van der Waals surface area (Å²) < 4.78 is 17.5. The van der Waals surface area contributed by atoms with E-state index in [0.29, 0.717) is 16.1 Å². The first-order chi connectivity index (χ1) is 10.9. The van der Waals surface area contributed by atoms with Crippen LogP contribution in [0.2, 0.25) is 5.02 Å². The zero-order chi connectivity index (χ0) is 16.6. The van der Waals surface area contributed by atoms with Gasteiger partial charge in [-0.1, -0.05) is 11.6 Å². The van der Waals surface area contributed by atoms with E-state index in [2.05, 4.69) is 28.7 Å². The Morgan fingerprint density at radius 1 is 1.30 bits per heavy atom. The van der Waals surface area contributed by atoms with Crippen molar-refractivity contribution in [2.45, 2.75) is 37.9 Å². The van der Waals surface area contributed by atoms with E-state index in [1.54, 1.807) is 6.20 Å². The maximum atomic E-state index is 12.5. The van der Waals surface area contributed by atoms with E-state index in [4.69, 9.17) is 11.6 Å². The molecule has 0 bridgehead atoms. The molecule has 0 aliphatic carbocycles. The van der Waals surface area contributed by atoms with Gasteiger partial charge >= 0.3 is 0 Å². The number of benzene rings is 1. The Balaban J connectivity index is 1.76. The first-order valence-corrected chi connectivity index (χ1v) is 8.97. The molecule has 3 aromatic rings. The zero-order valence-electron chi connectivity index (χ0n) is 13.2. The molecule has 0 aliphatic heterocycles. The lowest BCUT2D eigenvalue weighted by Crippen LogP contribution is -2.21. The molecule has 122 valence electrons. The van der Waals surface area contributed by atoms with Gasteiger partial charge in [-0.3, -0.25) is 4.68 Å². The molecule has 0 amide bonds. The van der Waals surface area contributed by atoms with E-state index in [1.807, 2.05) is 42.1 Å². The molecule has 0 radical (unpaired) electrons. The van der Waals surface area contributed by atoms with Crippen molar-refractivity contribution in [3.63, 3.8) is 0 Å². The number of hydrogen-bond acceptors (Lipinski definition) is 2. The fraction of sp³-hybridized carbons (Fsp3) is 0.312. The molecule has 23 heavy (non-hydrogen) atoms. The number of fused-ring (bicyclic) bond motifs is 1. The van der Waals surface area contributed by atoms with Gasteiger partial charge in [-0.2, -0.15) is 5.10 Å². The molecule has 2 atom stereocenters. The molecule has 0 saturated heterocycles. The van der Waals surface area contributed by atoms with Crippen LogP contribution in [0.1, 0.15) is 38.4 Å². The molecule has 2 N–H and O–H groups in total. The number of aromatic amines is 1. The van der Waals surface area contributed by atoms with Crippen molar-refractivity contribution in [1.82, 2.24) is 19.5 Å². The van der Waals surface area contributed by atoms with Crippen LogP contribution in [0.3, 0.4) is 0 Å². The summed E-state index contributed by atoms with van der Waals surface area (Å²) in [5.74, 6) is 0. The Morgan fingerprint density at radius 3 is 2.78 bits per heavy atom. The first-order valence-electron chi connectivity index (χ1n) is 7.44. The Bertz CT molecular complexity index is 855. The largest absolute Gasteiger partial charge is 0.347 e. The third-order valence-corrected chi connectivity index (χ3v) is 5.11. The van der Waals surface area contributed by atoms with Crippen molar-refractivity contribution in [2.75, 3.05) is 0 Å². The fourth-order valence-corrected chi connectivity index (χ4v) is 3.53. The van der Waals surface area contributed by atoms with Gasteiger partial charge in [0, 0.05) is 39.8 Å². The number of rotatable bonds is 5. The van der Waals surface area contributed by atoms with Crippen LogP contribution in [0, 0.1) is 0 Å². The fourth-order valence-electron chi connectivity index (χ4n) is 2.33. The topological polar surface area (TPSA) is 62.7 Å². The van der Waals surface area contributed by atoms with Crippen LogP contribution >= 0.6 is 11.6 Å². The highest BCUT2D eigenvalue weighted by Gasteiger charge is 2.15. The maximum Gasteiger partial charge on any atom is 0.142 e. The molecule has 0 saturated carbocycles. The van der Waals surface area contributed by atoms with Gasteiger partial charge in [0.1, 0.15) is 16.0 Å². The van der Waals surface area contributed by atoms with Crippen molar-refractivity contribution in [3.05, 3.63) is 47.2 Å². The van der Waals surface area contributed by atoms with Gasteiger partial charge in [-0.25, -0.2) is 8.93 Å². The van der Waals surface area contributed by atoms with E-state index >= 15 is 0 Å². The summed E-state index contributed by atoms with van der Waals surface area (Å²) in [5.41, 5.74) is 1.92. The van der Waals surface area contributed by atoms with E-state index in [-0.39, 0.29) is 6.04 Å². The average molecular weight is 351 g/mol. The van der Waals surface area contributed by atoms with Crippen LogP contribution in [-0.4, -0.2) is 19.0 Å². The van der Waals surface area contributed by atoms with Gasteiger partial charge in [-0.15, -0.1) is 0 Å². The smallest absolute Gasteiger partial charge is 0.142 e. The molecule has 3 rings (SSSR count). The highest BCUT2D eigenvalue weighted by atomic mass is 35.5. The molecule has 2 aromatic heterocycles. The van der Waals surface area contributed by atoms with Crippen LogP contribution in [0.5, 0.6) is 0 Å². The molecule has 1 aromatic carbocycles. The Kier molecular flexibility index (Phi) is 4.57. The molecule has 0 fully saturated rings. The summed E-state index contributed by atoms with van der Waals surface area (Å²) in [6, 6.07) is 7.63. The minimum absolute atomic E-state index is 0.0710. The van der Waals surface area contributed by atoms with Crippen molar-refractivity contribution in [2.24, 2.45) is 0 Å². The van der Waals surface area contributed by atoms with Gasteiger partial charge < -0.3 is 4.98 Å². The van der Waals surface area contributed by atoms with Crippen LogP contribution < -0.4 is 4.72 Å². The van der Waals surface area contributed by atoms with Crippen molar-refractivity contribution in [1.29, 1.82) is 0 Å². The summed E-state index contributed by atoms with van der Waals surface area (Å²) >= 11 is 5.99. The van der Waals surface area contributed by atoms with Gasteiger partial charge in [0.2, 0.25) is 0 Å². The molecule has 5 nitrogen and oxygen atoms in total. The number of halogens is 1. The van der Waals surface area contributed by atoms with Crippen molar-refractivity contribution >= 4 is 33.5 Å². The number of nitrogens with one attached hydrogen (secondary N) is 2. The second kappa shape index (κ2) is 6.47. The lowest BCUT2D eigenvalue weighted by atomic mass is 10.2. The van der Waals surface area contributed by atoms with Gasteiger partial charge in [-0.05, 0) is 45.0 Å². The zero-order valence-corrected chi connectivity index (χ0v) is 14.8. The lowest BCUT2D eigenvalue weighted by Gasteiger charge is -2.10. The van der Waals surface area contributed by atoms with Gasteiger partial charge in [0.25, 0.3) is 0 Å². The maximum absolute atomic E-state index is 12.5. The minimum atomic E-state index is -1.34. The van der Waals surface area contributed by atoms with Crippen molar-refractivity contribution < 1.29 is 4.21 Å².